The lowest BCUT2D eigenvalue weighted by Crippen LogP contribution is -2.25. The van der Waals surface area contributed by atoms with Crippen LogP contribution >= 0.6 is 15.9 Å². The van der Waals surface area contributed by atoms with Crippen LogP contribution in [-0.4, -0.2) is 19.9 Å². The van der Waals surface area contributed by atoms with Crippen LogP contribution in [0.1, 0.15) is 41.6 Å². The van der Waals surface area contributed by atoms with E-state index in [-0.39, 0.29) is 23.9 Å². The minimum absolute atomic E-state index is 0.0172. The zero-order chi connectivity index (χ0) is 18.3. The fourth-order valence-electron chi connectivity index (χ4n) is 3.34. The number of aromatic nitrogens is 3. The Morgan fingerprint density at radius 2 is 1.96 bits per heavy atom. The predicted molar refractivity (Wildman–Crippen MR) is 102 cm³/mol. The molecule has 0 fully saturated rings. The topological polar surface area (TPSA) is 56.9 Å². The average Bonchev–Trinajstić information content (AvgIpc) is 2.85. The highest BCUT2D eigenvalue weighted by molar-refractivity contribution is 9.10. The van der Waals surface area contributed by atoms with E-state index in [1.807, 2.05) is 26.0 Å². The van der Waals surface area contributed by atoms with Crippen molar-refractivity contribution in [2.75, 3.05) is 0 Å². The van der Waals surface area contributed by atoms with Gasteiger partial charge in [0, 0.05) is 27.5 Å². The number of Topliss-reactive ketones (excluding diaryl/α,β-unsaturated/α-hetero) is 1. The first-order valence-electron chi connectivity index (χ1n) is 8.16. The second-order valence-corrected chi connectivity index (χ2v) is 7.43. The van der Waals surface area contributed by atoms with Crippen LogP contribution in [0.15, 0.2) is 39.9 Å². The molecule has 0 amide bonds. The molecule has 2 aromatic heterocycles. The predicted octanol–water partition coefficient (Wildman–Crippen LogP) is 4.04. The Kier molecular flexibility index (Phi) is 4.64. The molecule has 0 spiro atoms. The summed E-state index contributed by atoms with van der Waals surface area (Å²) in [6.07, 6.45) is 1.44. The third-order valence-electron chi connectivity index (χ3n) is 4.40. The highest BCUT2D eigenvalue weighted by Crippen LogP contribution is 2.21. The number of benzene rings is 1. The summed E-state index contributed by atoms with van der Waals surface area (Å²) in [5.74, 6) is -0.0850. The lowest BCUT2D eigenvalue weighted by Gasteiger charge is -2.13. The summed E-state index contributed by atoms with van der Waals surface area (Å²) in [5, 5.41) is 0.498. The molecule has 5 nitrogen and oxygen atoms in total. The number of rotatable bonds is 4. The first kappa shape index (κ1) is 17.6. The molecular formula is C19H20BrN3O2. The van der Waals surface area contributed by atoms with Gasteiger partial charge in [-0.3, -0.25) is 14.2 Å². The van der Waals surface area contributed by atoms with Gasteiger partial charge in [0.1, 0.15) is 0 Å². The maximum atomic E-state index is 12.8. The van der Waals surface area contributed by atoms with Crippen molar-refractivity contribution < 1.29 is 4.79 Å². The van der Waals surface area contributed by atoms with Gasteiger partial charge in [0.2, 0.25) is 0 Å². The van der Waals surface area contributed by atoms with Crippen LogP contribution in [0.5, 0.6) is 0 Å². The molecule has 130 valence electrons. The van der Waals surface area contributed by atoms with Crippen LogP contribution in [0.25, 0.3) is 10.9 Å². The third kappa shape index (κ3) is 3.18. The van der Waals surface area contributed by atoms with Gasteiger partial charge in [-0.2, -0.15) is 0 Å². The van der Waals surface area contributed by atoms with E-state index in [1.54, 1.807) is 12.1 Å². The number of hydrogen-bond donors (Lipinski definition) is 0. The second kappa shape index (κ2) is 6.59. The first-order chi connectivity index (χ1) is 11.8. The molecule has 25 heavy (non-hydrogen) atoms. The monoisotopic (exact) mass is 401 g/mol. The molecule has 0 atom stereocenters. The summed E-state index contributed by atoms with van der Waals surface area (Å²) in [4.78, 5) is 29.7. The Labute approximate surface area is 154 Å². The summed E-state index contributed by atoms with van der Waals surface area (Å²) in [6.45, 7) is 8.09. The number of ketones is 1. The zero-order valence-corrected chi connectivity index (χ0v) is 16.3. The van der Waals surface area contributed by atoms with Crippen molar-refractivity contribution in [2.45, 2.75) is 40.3 Å². The minimum Gasteiger partial charge on any atom is -0.346 e. The third-order valence-corrected chi connectivity index (χ3v) is 4.89. The van der Waals surface area contributed by atoms with Gasteiger partial charge in [0.25, 0.3) is 5.56 Å². The van der Waals surface area contributed by atoms with Crippen LogP contribution in [0.3, 0.4) is 0 Å². The largest absolute Gasteiger partial charge is 0.346 e. The SMILES string of the molecule is Cc1cc(C(=O)Cn2cnc3ccc(Br)cc3c2=O)c(C)n1C(C)C. The number of hydrogen-bond acceptors (Lipinski definition) is 3. The van der Waals surface area contributed by atoms with E-state index < -0.39 is 0 Å². The molecule has 0 saturated carbocycles. The fraction of sp³-hybridized carbons (Fsp3) is 0.316. The van der Waals surface area contributed by atoms with Crippen LogP contribution in [0.4, 0.5) is 0 Å². The van der Waals surface area contributed by atoms with E-state index in [9.17, 15) is 9.59 Å². The summed E-state index contributed by atoms with van der Waals surface area (Å²) in [5.41, 5.74) is 3.05. The Morgan fingerprint density at radius 3 is 2.60 bits per heavy atom. The van der Waals surface area contributed by atoms with Gasteiger partial charge >= 0.3 is 0 Å². The van der Waals surface area contributed by atoms with Crippen molar-refractivity contribution in [1.29, 1.82) is 0 Å². The molecule has 6 heteroatoms. The van der Waals surface area contributed by atoms with E-state index in [0.717, 1.165) is 15.9 Å². The van der Waals surface area contributed by atoms with Crippen molar-refractivity contribution in [3.05, 3.63) is 62.4 Å². The molecule has 0 aliphatic rings. The Balaban J connectivity index is 1.99. The van der Waals surface area contributed by atoms with Gasteiger partial charge in [-0.05, 0) is 52.0 Å². The molecule has 0 N–H and O–H groups in total. The Bertz CT molecular complexity index is 1030. The van der Waals surface area contributed by atoms with E-state index in [4.69, 9.17) is 0 Å². The molecule has 0 aliphatic heterocycles. The molecular weight excluding hydrogens is 382 g/mol. The minimum atomic E-state index is -0.211. The number of fused-ring (bicyclic) bond motifs is 1. The molecule has 0 unspecified atom stereocenters. The summed E-state index contributed by atoms with van der Waals surface area (Å²) in [7, 11) is 0. The van der Waals surface area contributed by atoms with E-state index in [2.05, 4.69) is 39.3 Å². The van der Waals surface area contributed by atoms with Crippen molar-refractivity contribution in [1.82, 2.24) is 14.1 Å². The van der Waals surface area contributed by atoms with Gasteiger partial charge in [0.05, 0.1) is 23.8 Å². The van der Waals surface area contributed by atoms with Gasteiger partial charge < -0.3 is 4.57 Å². The quantitative estimate of drug-likeness (QED) is 0.619. The standard InChI is InChI=1S/C19H20BrN3O2/c1-11(2)23-12(3)7-15(13(23)4)18(24)9-22-10-21-17-6-5-14(20)8-16(17)19(22)25/h5-8,10-11H,9H2,1-4H3. The summed E-state index contributed by atoms with van der Waals surface area (Å²) in [6, 6.07) is 7.53. The molecule has 2 heterocycles. The van der Waals surface area contributed by atoms with Gasteiger partial charge in [-0.15, -0.1) is 0 Å². The van der Waals surface area contributed by atoms with Gasteiger partial charge in [-0.25, -0.2) is 4.98 Å². The molecule has 0 bridgehead atoms. The summed E-state index contributed by atoms with van der Waals surface area (Å²) >= 11 is 3.37. The molecule has 1 aromatic carbocycles. The van der Waals surface area contributed by atoms with Crippen LogP contribution in [0, 0.1) is 13.8 Å². The lowest BCUT2D eigenvalue weighted by atomic mass is 10.1. The number of aryl methyl sites for hydroxylation is 1. The highest BCUT2D eigenvalue weighted by atomic mass is 79.9. The molecule has 0 radical (unpaired) electrons. The average molecular weight is 402 g/mol. The van der Waals surface area contributed by atoms with Crippen molar-refractivity contribution in [3.63, 3.8) is 0 Å². The number of nitrogens with zero attached hydrogens (tertiary/aromatic N) is 3. The Morgan fingerprint density at radius 1 is 1.24 bits per heavy atom. The van der Waals surface area contributed by atoms with Crippen LogP contribution < -0.4 is 5.56 Å². The first-order valence-corrected chi connectivity index (χ1v) is 8.95. The zero-order valence-electron chi connectivity index (χ0n) is 14.7. The van der Waals surface area contributed by atoms with Gasteiger partial charge in [0.15, 0.2) is 5.78 Å². The van der Waals surface area contributed by atoms with Crippen LogP contribution in [-0.2, 0) is 6.54 Å². The maximum absolute atomic E-state index is 12.8. The lowest BCUT2D eigenvalue weighted by molar-refractivity contribution is 0.0970. The highest BCUT2D eigenvalue weighted by Gasteiger charge is 2.18. The van der Waals surface area contributed by atoms with Crippen LogP contribution in [0.2, 0.25) is 0 Å². The molecule has 3 aromatic rings. The van der Waals surface area contributed by atoms with E-state index in [0.29, 0.717) is 16.5 Å². The van der Waals surface area contributed by atoms with Crippen molar-refractivity contribution in [3.8, 4) is 0 Å². The van der Waals surface area contributed by atoms with Crippen molar-refractivity contribution in [2.24, 2.45) is 0 Å². The van der Waals surface area contributed by atoms with E-state index in [1.165, 1.54) is 10.9 Å². The molecule has 0 saturated heterocycles. The number of carbonyl (C=O) groups excluding carboxylic acids is 1. The number of halogens is 1. The second-order valence-electron chi connectivity index (χ2n) is 6.51. The maximum Gasteiger partial charge on any atom is 0.261 e. The summed E-state index contributed by atoms with van der Waals surface area (Å²) < 4.78 is 4.31. The molecule has 3 rings (SSSR count). The van der Waals surface area contributed by atoms with Crippen molar-refractivity contribution >= 4 is 32.6 Å². The normalized spacial score (nSPS) is 11.4. The fourth-order valence-corrected chi connectivity index (χ4v) is 3.70. The smallest absolute Gasteiger partial charge is 0.261 e. The molecule has 0 aliphatic carbocycles. The van der Waals surface area contributed by atoms with E-state index >= 15 is 0 Å². The Hall–Kier alpha value is -2.21. The van der Waals surface area contributed by atoms with Gasteiger partial charge in [-0.1, -0.05) is 15.9 Å². The number of carbonyl (C=O) groups is 1.